The molecule has 0 amide bonds. The van der Waals surface area contributed by atoms with Crippen molar-refractivity contribution in [2.75, 3.05) is 18.0 Å². The third-order valence-electron chi connectivity index (χ3n) is 4.15. The van der Waals surface area contributed by atoms with Gasteiger partial charge in [0.05, 0.1) is 11.0 Å². The molecular formula is C19H22N2S. The Morgan fingerprint density at radius 1 is 1.00 bits per heavy atom. The van der Waals surface area contributed by atoms with Crippen LogP contribution in [0.3, 0.4) is 0 Å². The Hall–Kier alpha value is -1.74. The van der Waals surface area contributed by atoms with Gasteiger partial charge in [-0.05, 0) is 62.2 Å². The van der Waals surface area contributed by atoms with Crippen molar-refractivity contribution in [3.05, 3.63) is 46.0 Å². The third kappa shape index (κ3) is 2.54. The molecule has 0 saturated heterocycles. The van der Waals surface area contributed by atoms with Crippen LogP contribution >= 0.6 is 11.8 Å². The van der Waals surface area contributed by atoms with Gasteiger partial charge in [-0.15, -0.1) is 0 Å². The van der Waals surface area contributed by atoms with Crippen LogP contribution in [0.25, 0.3) is 6.58 Å². The summed E-state index contributed by atoms with van der Waals surface area (Å²) in [5, 5.41) is 2.16. The highest BCUT2D eigenvalue weighted by Gasteiger charge is 2.17. The lowest BCUT2D eigenvalue weighted by Gasteiger charge is -2.24. The van der Waals surface area contributed by atoms with Gasteiger partial charge >= 0.3 is 0 Å². The van der Waals surface area contributed by atoms with Crippen LogP contribution in [-0.4, -0.2) is 13.1 Å². The van der Waals surface area contributed by atoms with Crippen LogP contribution in [0.1, 0.15) is 25.0 Å². The Morgan fingerprint density at radius 2 is 1.73 bits per heavy atom. The van der Waals surface area contributed by atoms with E-state index in [0.29, 0.717) is 0 Å². The smallest absolute Gasteiger partial charge is 0.0807 e. The molecule has 0 fully saturated rings. The predicted molar refractivity (Wildman–Crippen MR) is 96.0 cm³/mol. The van der Waals surface area contributed by atoms with Crippen molar-refractivity contribution in [2.45, 2.75) is 37.5 Å². The molecule has 2 aromatic rings. The predicted octanol–water partition coefficient (Wildman–Crippen LogP) is 3.98. The van der Waals surface area contributed by atoms with Gasteiger partial charge in [-0.25, -0.2) is 4.99 Å². The van der Waals surface area contributed by atoms with Crippen LogP contribution in [0.15, 0.2) is 39.0 Å². The Balaban J connectivity index is 2.20. The van der Waals surface area contributed by atoms with Crippen molar-refractivity contribution in [1.82, 2.24) is 0 Å². The molecule has 0 saturated carbocycles. The second-order valence-electron chi connectivity index (χ2n) is 5.76. The van der Waals surface area contributed by atoms with Crippen molar-refractivity contribution >= 4 is 29.7 Å². The largest absolute Gasteiger partial charge is 0.372 e. The molecule has 0 atom stereocenters. The fourth-order valence-electron chi connectivity index (χ4n) is 2.99. The van der Waals surface area contributed by atoms with Gasteiger partial charge in [0.2, 0.25) is 0 Å². The summed E-state index contributed by atoms with van der Waals surface area (Å²) >= 11 is 1.82. The third-order valence-corrected chi connectivity index (χ3v) is 5.21. The molecule has 22 heavy (non-hydrogen) atoms. The number of aryl methyl sites for hydroxylation is 2. The van der Waals surface area contributed by atoms with Gasteiger partial charge in [-0.2, -0.15) is 0 Å². The van der Waals surface area contributed by atoms with Gasteiger partial charge in [0.25, 0.3) is 0 Å². The minimum atomic E-state index is 1.02. The molecular weight excluding hydrogens is 288 g/mol. The number of anilines is 1. The van der Waals surface area contributed by atoms with Gasteiger partial charge in [-0.1, -0.05) is 24.4 Å². The first-order valence-corrected chi connectivity index (χ1v) is 8.61. The Labute approximate surface area is 136 Å². The standard InChI is InChI=1S/C19H22N2S/c1-6-21(7-2)15-10-14(5)19-17(11-15)22-16-9-12(3)8-13(4)18(16)20-19/h8-11H,3,6-7H2,1-2,4-5H3. The number of hydrogen-bond donors (Lipinski definition) is 0. The highest BCUT2D eigenvalue weighted by atomic mass is 32.2. The van der Waals surface area contributed by atoms with Gasteiger partial charge < -0.3 is 4.90 Å². The highest BCUT2D eigenvalue weighted by Crippen LogP contribution is 2.41. The Bertz CT molecular complexity index is 835. The minimum Gasteiger partial charge on any atom is -0.372 e. The van der Waals surface area contributed by atoms with E-state index in [1.54, 1.807) is 0 Å². The van der Waals surface area contributed by atoms with E-state index >= 15 is 0 Å². The zero-order chi connectivity index (χ0) is 15.9. The molecule has 2 nitrogen and oxygen atoms in total. The van der Waals surface area contributed by atoms with E-state index in [1.807, 2.05) is 11.8 Å². The topological polar surface area (TPSA) is 15.6 Å². The summed E-state index contributed by atoms with van der Waals surface area (Å²) < 4.78 is 0. The number of hydrogen-bond acceptors (Lipinski definition) is 3. The molecule has 0 radical (unpaired) electrons. The summed E-state index contributed by atoms with van der Waals surface area (Å²) in [6.07, 6.45) is 0. The van der Waals surface area contributed by atoms with Crippen molar-refractivity contribution in [1.29, 1.82) is 0 Å². The van der Waals surface area contributed by atoms with Gasteiger partial charge in [0, 0.05) is 28.6 Å². The SMILES string of the molecule is C=c1cc(C)c2c(c1)Sc1cc(N(CC)CC)cc(C)c1N=2. The minimum absolute atomic E-state index is 1.02. The normalized spacial score (nSPS) is 12.4. The number of benzene rings is 2. The van der Waals surface area contributed by atoms with Crippen LogP contribution in [0.5, 0.6) is 0 Å². The van der Waals surface area contributed by atoms with Crippen LogP contribution in [0.4, 0.5) is 11.4 Å². The lowest BCUT2D eigenvalue weighted by atomic mass is 10.1. The summed E-state index contributed by atoms with van der Waals surface area (Å²) in [5.41, 5.74) is 4.85. The number of nitrogens with zero attached hydrogens (tertiary/aromatic N) is 2. The van der Waals surface area contributed by atoms with E-state index < -0.39 is 0 Å². The summed E-state index contributed by atoms with van der Waals surface area (Å²) in [4.78, 5) is 9.78. The van der Waals surface area contributed by atoms with Crippen LogP contribution in [-0.2, 0) is 0 Å². The maximum atomic E-state index is 4.93. The monoisotopic (exact) mass is 310 g/mol. The van der Waals surface area contributed by atoms with E-state index in [0.717, 1.165) is 29.4 Å². The van der Waals surface area contributed by atoms with Gasteiger partial charge in [0.1, 0.15) is 0 Å². The molecule has 3 heteroatoms. The molecule has 2 aromatic carbocycles. The van der Waals surface area contributed by atoms with Crippen LogP contribution in [0, 0.1) is 13.8 Å². The second-order valence-corrected chi connectivity index (χ2v) is 6.84. The van der Waals surface area contributed by atoms with Crippen molar-refractivity contribution in [2.24, 2.45) is 4.99 Å². The van der Waals surface area contributed by atoms with Crippen LogP contribution in [0.2, 0.25) is 0 Å². The number of fused-ring (bicyclic) bond motifs is 2. The molecule has 1 heterocycles. The molecule has 3 rings (SSSR count). The molecule has 0 bridgehead atoms. The summed E-state index contributed by atoms with van der Waals surface area (Å²) in [6, 6.07) is 8.77. The average Bonchev–Trinajstić information content (AvgIpc) is 2.47. The summed E-state index contributed by atoms with van der Waals surface area (Å²) in [7, 11) is 0. The lowest BCUT2D eigenvalue weighted by Crippen LogP contribution is -2.22. The first-order valence-electron chi connectivity index (χ1n) is 7.79. The fraction of sp³-hybridized carbons (Fsp3) is 0.316. The van der Waals surface area contributed by atoms with E-state index in [4.69, 9.17) is 4.99 Å². The maximum absolute atomic E-state index is 4.93. The molecule has 0 N–H and O–H groups in total. The molecule has 114 valence electrons. The molecule has 1 aliphatic heterocycles. The van der Waals surface area contributed by atoms with Gasteiger partial charge in [0.15, 0.2) is 0 Å². The first-order chi connectivity index (χ1) is 10.5. The zero-order valence-corrected chi connectivity index (χ0v) is 14.5. The van der Waals surface area contributed by atoms with E-state index in [-0.39, 0.29) is 0 Å². The van der Waals surface area contributed by atoms with E-state index in [9.17, 15) is 0 Å². The van der Waals surface area contributed by atoms with Gasteiger partial charge in [-0.3, -0.25) is 0 Å². The zero-order valence-electron chi connectivity index (χ0n) is 13.7. The van der Waals surface area contributed by atoms with Crippen molar-refractivity contribution in [3.63, 3.8) is 0 Å². The first kappa shape index (κ1) is 15.2. The quantitative estimate of drug-likeness (QED) is 0.727. The number of rotatable bonds is 3. The molecule has 0 spiro atoms. The Morgan fingerprint density at radius 3 is 2.41 bits per heavy atom. The van der Waals surface area contributed by atoms with Crippen molar-refractivity contribution < 1.29 is 0 Å². The van der Waals surface area contributed by atoms with E-state index in [2.05, 4.69) is 63.4 Å². The average molecular weight is 310 g/mol. The second kappa shape index (κ2) is 5.81. The van der Waals surface area contributed by atoms with E-state index in [1.165, 1.54) is 26.6 Å². The Kier molecular flexibility index (Phi) is 4.00. The molecule has 0 aromatic heterocycles. The molecule has 0 unspecified atom stereocenters. The lowest BCUT2D eigenvalue weighted by molar-refractivity contribution is 0.863. The summed E-state index contributed by atoms with van der Waals surface area (Å²) in [6.45, 7) is 14.8. The van der Waals surface area contributed by atoms with Crippen molar-refractivity contribution in [3.8, 4) is 0 Å². The van der Waals surface area contributed by atoms with Crippen LogP contribution < -0.4 is 15.5 Å². The summed E-state index contributed by atoms with van der Waals surface area (Å²) in [5.74, 6) is 0. The molecule has 1 aliphatic rings. The highest BCUT2D eigenvalue weighted by molar-refractivity contribution is 7.99. The fourth-order valence-corrected chi connectivity index (χ4v) is 4.23. The molecule has 0 aliphatic carbocycles. The maximum Gasteiger partial charge on any atom is 0.0807 e.